The quantitative estimate of drug-likeness (QED) is 0.413. The molecule has 1 fully saturated rings. The Kier molecular flexibility index (Phi) is 8.06. The van der Waals surface area contributed by atoms with Gasteiger partial charge < -0.3 is 19.3 Å². The number of amides is 1. The molecule has 0 spiro atoms. The smallest absolute Gasteiger partial charge is 0.417 e. The number of alkyl halides is 3. The summed E-state index contributed by atoms with van der Waals surface area (Å²) in [6, 6.07) is 4.66. The minimum atomic E-state index is -4.87. The summed E-state index contributed by atoms with van der Waals surface area (Å²) in [6.07, 6.45) is -3.86. The zero-order valence-corrected chi connectivity index (χ0v) is 21.0. The summed E-state index contributed by atoms with van der Waals surface area (Å²) in [5.74, 6) is -6.58. The third kappa shape index (κ3) is 5.09. The first-order valence-electron chi connectivity index (χ1n) is 10.9. The van der Waals surface area contributed by atoms with Crippen molar-refractivity contribution in [3.63, 3.8) is 0 Å². The molecule has 2 heterocycles. The number of hydrogen-bond donors (Lipinski definition) is 1. The Labute approximate surface area is 208 Å². The number of nitrogens with one attached hydrogen (secondary N) is 1. The van der Waals surface area contributed by atoms with Gasteiger partial charge in [-0.15, -0.1) is 0 Å². The van der Waals surface area contributed by atoms with Crippen LogP contribution in [0.5, 0.6) is 5.75 Å². The van der Waals surface area contributed by atoms with E-state index in [4.69, 9.17) is 9.47 Å². The molecular formula is C23H26F5N3O4S. The average molecular weight is 536 g/mol. The molecule has 1 amide bonds. The maximum atomic E-state index is 14.6. The molecule has 1 saturated heterocycles. The first-order valence-corrected chi connectivity index (χ1v) is 12.4. The van der Waals surface area contributed by atoms with Crippen molar-refractivity contribution in [1.29, 1.82) is 0 Å². The Morgan fingerprint density at radius 1 is 1.33 bits per heavy atom. The standard InChI is InChI=1S/C23H26F5N3O4S/c1-6-34-19-14(7-8-15(24)18(19)25)17-12(2)22(3,23(26,27)28)35-20(17)21(32)30-13-9-10-29-16(11-13)31(4)36(5)33/h7-12,17,20H,6H2,1-5H3,(H,29,30,32)/t12-,17-,20+,22+,36?/m0/s1. The molecule has 1 aromatic carbocycles. The summed E-state index contributed by atoms with van der Waals surface area (Å²) in [7, 11) is 1.51. The molecule has 5 atom stereocenters. The van der Waals surface area contributed by atoms with Crippen LogP contribution < -0.4 is 14.4 Å². The number of aromatic nitrogens is 1. The summed E-state index contributed by atoms with van der Waals surface area (Å²) >= 11 is -1.42. The van der Waals surface area contributed by atoms with Crippen LogP contribution >= 0.6 is 0 Å². The lowest BCUT2D eigenvalue weighted by atomic mass is 9.77. The Balaban J connectivity index is 2.05. The molecule has 7 nitrogen and oxygen atoms in total. The number of hydrogen-bond acceptors (Lipinski definition) is 6. The van der Waals surface area contributed by atoms with Crippen molar-refractivity contribution in [2.75, 3.05) is 29.5 Å². The van der Waals surface area contributed by atoms with Gasteiger partial charge in [0.05, 0.1) is 25.0 Å². The summed E-state index contributed by atoms with van der Waals surface area (Å²) in [5, 5.41) is 2.50. The third-order valence-corrected chi connectivity index (χ3v) is 7.33. The highest BCUT2D eigenvalue weighted by Crippen LogP contribution is 2.55. The van der Waals surface area contributed by atoms with Gasteiger partial charge in [0.15, 0.2) is 23.0 Å². The van der Waals surface area contributed by atoms with Crippen molar-refractivity contribution in [3.8, 4) is 5.75 Å². The van der Waals surface area contributed by atoms with E-state index in [1.54, 1.807) is 0 Å². The molecule has 1 aromatic heterocycles. The van der Waals surface area contributed by atoms with Crippen molar-refractivity contribution in [2.24, 2.45) is 5.92 Å². The first-order chi connectivity index (χ1) is 16.7. The Morgan fingerprint density at radius 3 is 2.58 bits per heavy atom. The minimum absolute atomic E-state index is 0.0884. The Hall–Kier alpha value is -2.64. The van der Waals surface area contributed by atoms with E-state index < -0.39 is 64.4 Å². The van der Waals surface area contributed by atoms with E-state index in [2.05, 4.69) is 10.3 Å². The van der Waals surface area contributed by atoms with Crippen molar-refractivity contribution in [3.05, 3.63) is 47.7 Å². The van der Waals surface area contributed by atoms with E-state index in [1.165, 1.54) is 49.8 Å². The minimum Gasteiger partial charge on any atom is -0.593 e. The van der Waals surface area contributed by atoms with Gasteiger partial charge in [0.2, 0.25) is 5.82 Å². The predicted octanol–water partition coefficient (Wildman–Crippen LogP) is 4.57. The van der Waals surface area contributed by atoms with E-state index in [0.29, 0.717) is 0 Å². The van der Waals surface area contributed by atoms with Gasteiger partial charge >= 0.3 is 6.18 Å². The van der Waals surface area contributed by atoms with Crippen LogP contribution in [0.15, 0.2) is 30.5 Å². The van der Waals surface area contributed by atoms with Crippen molar-refractivity contribution in [1.82, 2.24) is 4.98 Å². The monoisotopic (exact) mass is 535 g/mol. The summed E-state index contributed by atoms with van der Waals surface area (Å²) in [5.41, 5.74) is -2.72. The lowest BCUT2D eigenvalue weighted by molar-refractivity contribution is -0.272. The van der Waals surface area contributed by atoms with Gasteiger partial charge in [0.25, 0.3) is 5.91 Å². The number of carbonyl (C=O) groups excluding carboxylic acids is 1. The van der Waals surface area contributed by atoms with Crippen LogP contribution in [0.4, 0.5) is 33.5 Å². The lowest BCUT2D eigenvalue weighted by Crippen LogP contribution is -2.47. The second-order valence-corrected chi connectivity index (χ2v) is 9.88. The molecule has 0 aliphatic carbocycles. The topological polar surface area (TPSA) is 86.8 Å². The van der Waals surface area contributed by atoms with Gasteiger partial charge in [0, 0.05) is 35.3 Å². The number of benzene rings is 1. The lowest BCUT2D eigenvalue weighted by Gasteiger charge is -2.32. The molecule has 1 aliphatic rings. The molecule has 198 valence electrons. The molecule has 2 aromatic rings. The van der Waals surface area contributed by atoms with Crippen LogP contribution in [0.2, 0.25) is 0 Å². The fraction of sp³-hybridized carbons (Fsp3) is 0.478. The van der Waals surface area contributed by atoms with Crippen LogP contribution in [0.25, 0.3) is 0 Å². The number of rotatable bonds is 7. The Bertz CT molecular complexity index is 1120. The zero-order valence-electron chi connectivity index (χ0n) is 20.2. The molecule has 36 heavy (non-hydrogen) atoms. The molecule has 1 aliphatic heterocycles. The second kappa shape index (κ2) is 10.4. The second-order valence-electron chi connectivity index (χ2n) is 8.48. The van der Waals surface area contributed by atoms with Crippen LogP contribution in [0.1, 0.15) is 32.3 Å². The van der Waals surface area contributed by atoms with Crippen molar-refractivity contribution < 1.29 is 40.8 Å². The van der Waals surface area contributed by atoms with E-state index in [-0.39, 0.29) is 23.7 Å². The van der Waals surface area contributed by atoms with Gasteiger partial charge in [-0.3, -0.25) is 4.79 Å². The van der Waals surface area contributed by atoms with Gasteiger partial charge in [-0.25, -0.2) is 9.37 Å². The molecular weight excluding hydrogens is 509 g/mol. The van der Waals surface area contributed by atoms with Crippen LogP contribution in [-0.4, -0.2) is 53.2 Å². The van der Waals surface area contributed by atoms with Crippen LogP contribution in [-0.2, 0) is 20.9 Å². The van der Waals surface area contributed by atoms with E-state index in [9.17, 15) is 31.3 Å². The third-order valence-electron chi connectivity index (χ3n) is 6.38. The fourth-order valence-corrected chi connectivity index (χ4v) is 4.50. The maximum absolute atomic E-state index is 14.6. The molecule has 0 radical (unpaired) electrons. The molecule has 13 heteroatoms. The highest BCUT2D eigenvalue weighted by Gasteiger charge is 2.65. The number of anilines is 2. The molecule has 0 saturated carbocycles. The number of carbonyl (C=O) groups is 1. The number of ether oxygens (including phenoxy) is 2. The highest BCUT2D eigenvalue weighted by atomic mass is 32.2. The molecule has 1 N–H and O–H groups in total. The zero-order chi connectivity index (χ0) is 27.0. The number of nitrogens with zero attached hydrogens (tertiary/aromatic N) is 2. The average Bonchev–Trinajstić information content (AvgIpc) is 3.09. The first kappa shape index (κ1) is 27.9. The number of pyridine rings is 1. The maximum Gasteiger partial charge on any atom is 0.417 e. The van der Waals surface area contributed by atoms with E-state index in [0.717, 1.165) is 19.1 Å². The summed E-state index contributed by atoms with van der Waals surface area (Å²) in [4.78, 5) is 17.3. The molecule has 3 rings (SSSR count). The Morgan fingerprint density at radius 2 is 2.00 bits per heavy atom. The molecule has 0 bridgehead atoms. The SMILES string of the molecule is CCOc1c([C@H]2[C@H](C(=O)Nc3ccnc(N(C)[S+](C)[O-])c3)O[C@@](C)(C(F)(F)F)[C@H]2C)ccc(F)c1F. The number of halogens is 5. The van der Waals surface area contributed by atoms with Crippen LogP contribution in [0.3, 0.4) is 0 Å². The fourth-order valence-electron chi connectivity index (χ4n) is 4.14. The van der Waals surface area contributed by atoms with Crippen LogP contribution in [0, 0.1) is 17.6 Å². The van der Waals surface area contributed by atoms with E-state index >= 15 is 0 Å². The molecule has 1 unspecified atom stereocenters. The van der Waals surface area contributed by atoms with Gasteiger partial charge in [-0.1, -0.05) is 13.0 Å². The summed E-state index contributed by atoms with van der Waals surface area (Å²) < 4.78 is 94.5. The highest BCUT2D eigenvalue weighted by molar-refractivity contribution is 7.92. The van der Waals surface area contributed by atoms with Gasteiger partial charge in [0.1, 0.15) is 12.4 Å². The summed E-state index contributed by atoms with van der Waals surface area (Å²) in [6.45, 7) is 3.47. The van der Waals surface area contributed by atoms with Crippen molar-refractivity contribution >= 4 is 28.8 Å². The van der Waals surface area contributed by atoms with E-state index in [1.807, 2.05) is 0 Å². The van der Waals surface area contributed by atoms with Gasteiger partial charge in [-0.05, 0) is 26.0 Å². The normalized spacial score (nSPS) is 24.9. The largest absolute Gasteiger partial charge is 0.593 e. The van der Waals surface area contributed by atoms with Crippen molar-refractivity contribution in [2.45, 2.75) is 44.6 Å². The predicted molar refractivity (Wildman–Crippen MR) is 124 cm³/mol. The van der Waals surface area contributed by atoms with Gasteiger partial charge in [-0.2, -0.15) is 21.9 Å².